The number of aromatic nitrogens is 3. The molecule has 10 heavy (non-hydrogen) atoms. The molecule has 0 aromatic carbocycles. The van der Waals surface area contributed by atoms with Crippen molar-refractivity contribution in [3.05, 3.63) is 11.8 Å². The van der Waals surface area contributed by atoms with Gasteiger partial charge in [0.05, 0.1) is 0 Å². The van der Waals surface area contributed by atoms with Gasteiger partial charge in [-0.25, -0.2) is 5.53 Å². The van der Waals surface area contributed by atoms with E-state index in [4.69, 9.17) is 5.53 Å². The van der Waals surface area contributed by atoms with Gasteiger partial charge in [0.2, 0.25) is 11.6 Å². The van der Waals surface area contributed by atoms with Crippen molar-refractivity contribution in [2.24, 2.45) is 5.11 Å². The lowest BCUT2D eigenvalue weighted by molar-refractivity contribution is 0.453. The van der Waals surface area contributed by atoms with Gasteiger partial charge in [0, 0.05) is 0 Å². The molecule has 0 amide bonds. The molecule has 0 saturated carbocycles. The molecule has 0 fully saturated rings. The largest absolute Gasteiger partial charge is 0.274 e. The first-order valence-electron chi connectivity index (χ1n) is 2.17. The average Bonchev–Trinajstić information content (AvgIpc) is 1.95. The van der Waals surface area contributed by atoms with Gasteiger partial charge in [-0.05, 0) is 5.21 Å². The summed E-state index contributed by atoms with van der Waals surface area (Å²) in [6.07, 6.45) is 0. The number of rotatable bonds is 1. The third kappa shape index (κ3) is 0.925. The van der Waals surface area contributed by atoms with E-state index >= 15 is 0 Å². The maximum Gasteiger partial charge on any atom is 0.274 e. The van der Waals surface area contributed by atoms with Crippen molar-refractivity contribution in [3.63, 3.8) is 0 Å². The van der Waals surface area contributed by atoms with Gasteiger partial charge in [0.25, 0.3) is 5.95 Å². The van der Waals surface area contributed by atoms with Gasteiger partial charge in [0.15, 0.2) is 0 Å². The lowest BCUT2D eigenvalue weighted by Gasteiger charge is -1.89. The zero-order valence-electron chi connectivity index (χ0n) is 4.54. The van der Waals surface area contributed by atoms with Crippen molar-refractivity contribution in [1.82, 2.24) is 15.4 Å². The summed E-state index contributed by atoms with van der Waals surface area (Å²) in [6.45, 7) is 0. The molecule has 1 aromatic heterocycles. The fourth-order valence-electron chi connectivity index (χ4n) is 0.355. The number of nitrogens with one attached hydrogen (secondary N) is 1. The molecule has 1 aromatic rings. The van der Waals surface area contributed by atoms with E-state index in [9.17, 15) is 8.78 Å². The Balaban J connectivity index is 3.27. The van der Waals surface area contributed by atoms with Gasteiger partial charge in [-0.15, -0.1) is 10.2 Å². The summed E-state index contributed by atoms with van der Waals surface area (Å²) >= 11 is 0. The van der Waals surface area contributed by atoms with E-state index < -0.39 is 17.6 Å². The summed E-state index contributed by atoms with van der Waals surface area (Å²) in [5.74, 6) is -3.46. The van der Waals surface area contributed by atoms with Crippen LogP contribution in [0, 0.1) is 17.3 Å². The summed E-state index contributed by atoms with van der Waals surface area (Å²) in [7, 11) is 0. The second-order valence-electron chi connectivity index (χ2n) is 1.33. The Labute approximate surface area is 53.6 Å². The van der Waals surface area contributed by atoms with Crippen LogP contribution in [-0.4, -0.2) is 15.4 Å². The highest BCUT2D eigenvalue weighted by atomic mass is 19.2. The lowest BCUT2D eigenvalue weighted by Crippen LogP contribution is -1.95. The van der Waals surface area contributed by atoms with Crippen LogP contribution in [0.25, 0.3) is 0 Å². The first kappa shape index (κ1) is 6.59. The molecule has 0 saturated heterocycles. The minimum Gasteiger partial charge on any atom is -0.203 e. The molecule has 1 N–H and O–H groups in total. The molecule has 0 aliphatic rings. The summed E-state index contributed by atoms with van der Waals surface area (Å²) in [4.78, 5) is 0. The Hall–Kier alpha value is -1.53. The summed E-state index contributed by atoms with van der Waals surface area (Å²) < 4.78 is 24.3. The highest BCUT2D eigenvalue weighted by molar-refractivity contribution is 5.22. The van der Waals surface area contributed by atoms with E-state index in [1.54, 1.807) is 0 Å². The van der Waals surface area contributed by atoms with Gasteiger partial charge in [0.1, 0.15) is 0 Å². The molecule has 5 nitrogen and oxygen atoms in total. The maximum absolute atomic E-state index is 12.2. The number of hydrogen-bond donors (Lipinski definition) is 1. The number of nitrogens with zero attached hydrogens (tertiary/aromatic N) is 4. The van der Waals surface area contributed by atoms with Crippen molar-refractivity contribution in [2.45, 2.75) is 0 Å². The smallest absolute Gasteiger partial charge is 0.203 e. The standard InChI is InChI=1S/C3HF2N5/c4-1-2(5)8-10-9-3(1)7-6/h6H. The van der Waals surface area contributed by atoms with Crippen molar-refractivity contribution in [1.29, 1.82) is 5.53 Å². The molecule has 0 spiro atoms. The molecular formula is C3HF2N5. The highest BCUT2D eigenvalue weighted by Crippen LogP contribution is 2.11. The van der Waals surface area contributed by atoms with Gasteiger partial charge in [-0.3, -0.25) is 0 Å². The zero-order valence-corrected chi connectivity index (χ0v) is 4.54. The van der Waals surface area contributed by atoms with E-state index in [0.717, 1.165) is 0 Å². The van der Waals surface area contributed by atoms with Crippen LogP contribution < -0.4 is 0 Å². The predicted octanol–water partition coefficient (Wildman–Crippen LogP) is 0.812. The molecule has 0 bridgehead atoms. The summed E-state index contributed by atoms with van der Waals surface area (Å²) in [6, 6.07) is 0. The Kier molecular flexibility index (Phi) is 1.57. The fourth-order valence-corrected chi connectivity index (χ4v) is 0.355. The third-order valence-corrected chi connectivity index (χ3v) is 0.755. The van der Waals surface area contributed by atoms with E-state index in [2.05, 4.69) is 20.5 Å². The van der Waals surface area contributed by atoms with Crippen molar-refractivity contribution >= 4 is 5.82 Å². The number of hydrogen-bond acceptors (Lipinski definition) is 5. The summed E-state index contributed by atoms with van der Waals surface area (Å²) in [5.41, 5.74) is 6.27. The van der Waals surface area contributed by atoms with E-state index in [1.807, 2.05) is 0 Å². The zero-order chi connectivity index (χ0) is 7.56. The third-order valence-electron chi connectivity index (χ3n) is 0.755. The Bertz CT molecular complexity index is 261. The number of halogens is 2. The van der Waals surface area contributed by atoms with Gasteiger partial charge < -0.3 is 0 Å². The molecule has 0 radical (unpaired) electrons. The maximum atomic E-state index is 12.2. The minimum absolute atomic E-state index is 0.701. The molecule has 52 valence electrons. The molecule has 0 aliphatic carbocycles. The Morgan fingerprint density at radius 2 is 2.00 bits per heavy atom. The normalized spacial score (nSPS) is 9.40. The van der Waals surface area contributed by atoms with E-state index in [-0.39, 0.29) is 0 Å². The van der Waals surface area contributed by atoms with Crippen molar-refractivity contribution in [3.8, 4) is 0 Å². The van der Waals surface area contributed by atoms with Gasteiger partial charge in [-0.2, -0.15) is 8.78 Å². The van der Waals surface area contributed by atoms with Crippen LogP contribution in [0.5, 0.6) is 0 Å². The molecule has 0 unspecified atom stereocenters. The molecule has 7 heteroatoms. The molecule has 1 heterocycles. The van der Waals surface area contributed by atoms with Crippen LogP contribution in [0.1, 0.15) is 0 Å². The Morgan fingerprint density at radius 3 is 2.50 bits per heavy atom. The SMILES string of the molecule is N=Nc1nnnc(F)c1F. The van der Waals surface area contributed by atoms with Gasteiger partial charge in [-0.1, -0.05) is 5.10 Å². The van der Waals surface area contributed by atoms with Gasteiger partial charge >= 0.3 is 0 Å². The quantitative estimate of drug-likeness (QED) is 0.594. The van der Waals surface area contributed by atoms with Crippen LogP contribution in [-0.2, 0) is 0 Å². The monoisotopic (exact) mass is 145 g/mol. The van der Waals surface area contributed by atoms with Crippen LogP contribution in [0.3, 0.4) is 0 Å². The lowest BCUT2D eigenvalue weighted by atomic mass is 10.6. The molecule has 1 rings (SSSR count). The predicted molar refractivity (Wildman–Crippen MR) is 24.6 cm³/mol. The fraction of sp³-hybridized carbons (Fsp3) is 0. The van der Waals surface area contributed by atoms with Crippen LogP contribution in [0.15, 0.2) is 5.11 Å². The second kappa shape index (κ2) is 2.38. The second-order valence-corrected chi connectivity index (χ2v) is 1.33. The Morgan fingerprint density at radius 1 is 1.30 bits per heavy atom. The summed E-state index contributed by atoms with van der Waals surface area (Å²) in [5, 5.41) is 10.9. The first-order chi connectivity index (χ1) is 4.75. The van der Waals surface area contributed by atoms with E-state index in [0.29, 0.717) is 0 Å². The highest BCUT2D eigenvalue weighted by Gasteiger charge is 2.09. The van der Waals surface area contributed by atoms with Crippen LogP contribution in [0.2, 0.25) is 0 Å². The first-order valence-corrected chi connectivity index (χ1v) is 2.17. The topological polar surface area (TPSA) is 74.9 Å². The van der Waals surface area contributed by atoms with Crippen molar-refractivity contribution in [2.75, 3.05) is 0 Å². The van der Waals surface area contributed by atoms with Crippen LogP contribution >= 0.6 is 0 Å². The molecular weight excluding hydrogens is 144 g/mol. The van der Waals surface area contributed by atoms with Crippen molar-refractivity contribution < 1.29 is 8.78 Å². The average molecular weight is 145 g/mol. The molecule has 0 aliphatic heterocycles. The minimum atomic E-state index is -1.40. The van der Waals surface area contributed by atoms with E-state index in [1.165, 1.54) is 0 Å². The van der Waals surface area contributed by atoms with Crippen LogP contribution in [0.4, 0.5) is 14.6 Å². The molecule has 0 atom stereocenters.